The molecule has 0 spiro atoms. The number of carboxylic acid groups (broad SMARTS) is 1. The fourth-order valence-corrected chi connectivity index (χ4v) is 2.83. The van der Waals surface area contributed by atoms with Gasteiger partial charge in [-0.3, -0.25) is 4.79 Å². The lowest BCUT2D eigenvalue weighted by molar-refractivity contribution is -0.139. The third kappa shape index (κ3) is 1.93. The number of carboxylic acids is 1. The molecule has 0 aromatic carbocycles. The van der Waals surface area contributed by atoms with Crippen LogP contribution in [0.2, 0.25) is 0 Å². The van der Waals surface area contributed by atoms with Gasteiger partial charge in [0.2, 0.25) is 0 Å². The number of nitrogens with two attached hydrogens (primary N) is 1. The van der Waals surface area contributed by atoms with E-state index in [0.717, 1.165) is 31.4 Å². The van der Waals surface area contributed by atoms with E-state index in [2.05, 4.69) is 0 Å². The predicted molar refractivity (Wildman–Crippen MR) is 50.3 cm³/mol. The summed E-state index contributed by atoms with van der Waals surface area (Å²) in [7, 11) is 0. The monoisotopic (exact) mass is 189 g/mol. The maximum absolute atomic E-state index is 11.0. The second-order valence-corrected chi connectivity index (χ2v) is 4.62. The van der Waals surface area contributed by atoms with Crippen LogP contribution in [0, 0.1) is 0 Å². The molecule has 0 bridgehead atoms. The molecule has 0 heterocycles. The molecular formula is C8H15NO2S. The molecule has 1 saturated carbocycles. The van der Waals surface area contributed by atoms with Gasteiger partial charge in [-0.1, -0.05) is 12.8 Å². The number of thioether (sulfide) groups is 1. The van der Waals surface area contributed by atoms with Gasteiger partial charge in [-0.25, -0.2) is 0 Å². The molecular weight excluding hydrogens is 174 g/mol. The Morgan fingerprint density at radius 1 is 1.50 bits per heavy atom. The van der Waals surface area contributed by atoms with Crippen LogP contribution in [0.1, 0.15) is 25.7 Å². The number of aliphatic carboxylic acids is 1. The SMILES string of the molecule is NCCSC1(C(=O)O)CCCC1. The Bertz CT molecular complexity index is 166. The third-order valence-corrected chi connectivity index (χ3v) is 3.87. The van der Waals surface area contributed by atoms with Crippen LogP contribution in [0.15, 0.2) is 0 Å². The van der Waals surface area contributed by atoms with Gasteiger partial charge in [-0.2, -0.15) is 0 Å². The minimum Gasteiger partial charge on any atom is -0.480 e. The molecule has 0 saturated heterocycles. The highest BCUT2D eigenvalue weighted by molar-refractivity contribution is 8.01. The van der Waals surface area contributed by atoms with E-state index in [1.54, 1.807) is 0 Å². The quantitative estimate of drug-likeness (QED) is 0.694. The maximum Gasteiger partial charge on any atom is 0.319 e. The van der Waals surface area contributed by atoms with Gasteiger partial charge >= 0.3 is 5.97 Å². The van der Waals surface area contributed by atoms with Crippen LogP contribution in [0.3, 0.4) is 0 Å². The van der Waals surface area contributed by atoms with Crippen molar-refractivity contribution in [3.05, 3.63) is 0 Å². The van der Waals surface area contributed by atoms with Gasteiger partial charge in [0.1, 0.15) is 4.75 Å². The Labute approximate surface area is 76.7 Å². The van der Waals surface area contributed by atoms with E-state index in [1.165, 1.54) is 11.8 Å². The first-order chi connectivity index (χ1) is 5.71. The summed E-state index contributed by atoms with van der Waals surface area (Å²) in [5.41, 5.74) is 5.35. The molecule has 0 amide bonds. The Hall–Kier alpha value is -0.220. The second kappa shape index (κ2) is 4.14. The molecule has 1 aliphatic rings. The highest BCUT2D eigenvalue weighted by atomic mass is 32.2. The first-order valence-corrected chi connectivity index (χ1v) is 5.27. The van der Waals surface area contributed by atoms with Crippen molar-refractivity contribution < 1.29 is 9.90 Å². The van der Waals surface area contributed by atoms with Crippen molar-refractivity contribution in [2.75, 3.05) is 12.3 Å². The lowest BCUT2D eigenvalue weighted by Crippen LogP contribution is -2.32. The Morgan fingerprint density at radius 3 is 2.50 bits per heavy atom. The van der Waals surface area contributed by atoms with E-state index in [4.69, 9.17) is 10.8 Å². The van der Waals surface area contributed by atoms with Gasteiger partial charge in [0.05, 0.1) is 0 Å². The summed E-state index contributed by atoms with van der Waals surface area (Å²) >= 11 is 1.52. The molecule has 70 valence electrons. The van der Waals surface area contributed by atoms with Gasteiger partial charge < -0.3 is 10.8 Å². The van der Waals surface area contributed by atoms with Gasteiger partial charge in [0.25, 0.3) is 0 Å². The standard InChI is InChI=1S/C8H15NO2S/c9-5-6-12-8(7(10)11)3-1-2-4-8/h1-6,9H2,(H,10,11). The number of hydrogen-bond donors (Lipinski definition) is 2. The van der Waals surface area contributed by atoms with E-state index < -0.39 is 10.7 Å². The smallest absolute Gasteiger partial charge is 0.319 e. The molecule has 0 aliphatic heterocycles. The van der Waals surface area contributed by atoms with Crippen LogP contribution >= 0.6 is 11.8 Å². The lowest BCUT2D eigenvalue weighted by atomic mass is 10.1. The predicted octanol–water partition coefficient (Wildman–Crippen LogP) is 1.08. The summed E-state index contributed by atoms with van der Waals surface area (Å²) in [6, 6.07) is 0. The highest BCUT2D eigenvalue weighted by Gasteiger charge is 2.41. The minimum atomic E-state index is -0.654. The molecule has 0 radical (unpaired) electrons. The number of hydrogen-bond acceptors (Lipinski definition) is 3. The Morgan fingerprint density at radius 2 is 2.08 bits per heavy atom. The van der Waals surface area contributed by atoms with Gasteiger partial charge in [-0.15, -0.1) is 11.8 Å². The maximum atomic E-state index is 11.0. The molecule has 1 rings (SSSR count). The van der Waals surface area contributed by atoms with E-state index in [1.807, 2.05) is 0 Å². The molecule has 4 heteroatoms. The van der Waals surface area contributed by atoms with E-state index >= 15 is 0 Å². The van der Waals surface area contributed by atoms with Crippen molar-refractivity contribution in [2.45, 2.75) is 30.4 Å². The van der Waals surface area contributed by atoms with Crippen molar-refractivity contribution in [3.63, 3.8) is 0 Å². The molecule has 1 aliphatic carbocycles. The fourth-order valence-electron chi connectivity index (χ4n) is 1.62. The average Bonchev–Trinajstić information content (AvgIpc) is 2.50. The molecule has 0 aromatic rings. The van der Waals surface area contributed by atoms with Crippen LogP contribution in [-0.4, -0.2) is 28.1 Å². The summed E-state index contributed by atoms with van der Waals surface area (Å²) in [5, 5.41) is 9.03. The summed E-state index contributed by atoms with van der Waals surface area (Å²) in [4.78, 5) is 11.0. The molecule has 0 unspecified atom stereocenters. The average molecular weight is 189 g/mol. The van der Waals surface area contributed by atoms with Gasteiger partial charge in [0.15, 0.2) is 0 Å². The first-order valence-electron chi connectivity index (χ1n) is 4.29. The topological polar surface area (TPSA) is 63.3 Å². The molecule has 3 N–H and O–H groups in total. The van der Waals surface area contributed by atoms with E-state index in [9.17, 15) is 4.79 Å². The highest BCUT2D eigenvalue weighted by Crippen LogP contribution is 2.41. The zero-order chi connectivity index (χ0) is 9.03. The van der Waals surface area contributed by atoms with Crippen LogP contribution in [0.5, 0.6) is 0 Å². The van der Waals surface area contributed by atoms with Gasteiger partial charge in [0, 0.05) is 12.3 Å². The fraction of sp³-hybridized carbons (Fsp3) is 0.875. The normalized spacial score (nSPS) is 21.1. The van der Waals surface area contributed by atoms with E-state index in [0.29, 0.717) is 6.54 Å². The summed E-state index contributed by atoms with van der Waals surface area (Å²) in [6.45, 7) is 0.569. The van der Waals surface area contributed by atoms with Crippen molar-refractivity contribution in [1.29, 1.82) is 0 Å². The summed E-state index contributed by atoms with van der Waals surface area (Å²) in [6.07, 6.45) is 3.72. The minimum absolute atomic E-state index is 0.501. The zero-order valence-electron chi connectivity index (χ0n) is 7.08. The molecule has 12 heavy (non-hydrogen) atoms. The van der Waals surface area contributed by atoms with E-state index in [-0.39, 0.29) is 0 Å². The van der Waals surface area contributed by atoms with Gasteiger partial charge in [-0.05, 0) is 12.8 Å². The molecule has 3 nitrogen and oxygen atoms in total. The van der Waals surface area contributed by atoms with Crippen LogP contribution in [0.25, 0.3) is 0 Å². The van der Waals surface area contributed by atoms with Crippen molar-refractivity contribution in [3.8, 4) is 0 Å². The molecule has 0 atom stereocenters. The Kier molecular flexibility index (Phi) is 3.40. The first kappa shape index (κ1) is 9.86. The number of carbonyl (C=O) groups is 1. The summed E-state index contributed by atoms with van der Waals surface area (Å²) < 4.78 is -0.501. The molecule has 0 aromatic heterocycles. The van der Waals surface area contributed by atoms with Crippen molar-refractivity contribution >= 4 is 17.7 Å². The van der Waals surface area contributed by atoms with Crippen molar-refractivity contribution in [2.24, 2.45) is 5.73 Å². The van der Waals surface area contributed by atoms with Crippen molar-refractivity contribution in [1.82, 2.24) is 0 Å². The zero-order valence-corrected chi connectivity index (χ0v) is 7.90. The van der Waals surface area contributed by atoms with Crippen LogP contribution in [-0.2, 0) is 4.79 Å². The third-order valence-electron chi connectivity index (χ3n) is 2.30. The largest absolute Gasteiger partial charge is 0.480 e. The lowest BCUT2D eigenvalue weighted by Gasteiger charge is -2.22. The van der Waals surface area contributed by atoms with Crippen LogP contribution < -0.4 is 5.73 Å². The van der Waals surface area contributed by atoms with Crippen LogP contribution in [0.4, 0.5) is 0 Å². The summed E-state index contributed by atoms with van der Waals surface area (Å²) in [5.74, 6) is 0.102. The number of rotatable bonds is 4. The molecule has 1 fully saturated rings. The Balaban J connectivity index is 2.53. The second-order valence-electron chi connectivity index (χ2n) is 3.14.